The SMILES string of the molecule is NCc1ccc(CCc2ccnc(N)c2[N+](=O)[O-])cc1. The number of pyridine rings is 1. The predicted molar refractivity (Wildman–Crippen MR) is 77.0 cm³/mol. The largest absolute Gasteiger partial charge is 0.378 e. The number of anilines is 1. The van der Waals surface area contributed by atoms with E-state index in [1.54, 1.807) is 6.07 Å². The van der Waals surface area contributed by atoms with Crippen LogP contribution in [0, 0.1) is 10.1 Å². The molecule has 1 aromatic heterocycles. The number of nitrogens with two attached hydrogens (primary N) is 2. The first-order valence-electron chi connectivity index (χ1n) is 6.27. The molecule has 2 aromatic rings. The van der Waals surface area contributed by atoms with E-state index in [1.165, 1.54) is 6.20 Å². The van der Waals surface area contributed by atoms with Gasteiger partial charge in [0.2, 0.25) is 5.82 Å². The molecule has 6 nitrogen and oxygen atoms in total. The minimum Gasteiger partial charge on any atom is -0.378 e. The number of aromatic nitrogens is 1. The van der Waals surface area contributed by atoms with E-state index in [2.05, 4.69) is 4.98 Å². The van der Waals surface area contributed by atoms with Gasteiger partial charge in [0.25, 0.3) is 0 Å². The number of aryl methyl sites for hydroxylation is 2. The number of hydrogen-bond donors (Lipinski definition) is 2. The van der Waals surface area contributed by atoms with Crippen molar-refractivity contribution in [1.82, 2.24) is 4.98 Å². The van der Waals surface area contributed by atoms with E-state index in [0.717, 1.165) is 11.1 Å². The Hall–Kier alpha value is -2.47. The van der Waals surface area contributed by atoms with Crippen LogP contribution >= 0.6 is 0 Å². The average molecular weight is 272 g/mol. The standard InChI is InChI=1S/C14H16N4O2/c15-9-11-3-1-10(2-4-11)5-6-12-7-8-17-14(16)13(12)18(19)20/h1-4,7-8H,5-6,9,15H2,(H2,16,17). The Kier molecular flexibility index (Phi) is 4.27. The Morgan fingerprint density at radius 2 is 1.75 bits per heavy atom. The number of rotatable bonds is 5. The Balaban J connectivity index is 2.14. The van der Waals surface area contributed by atoms with Crippen LogP contribution in [0.5, 0.6) is 0 Å². The van der Waals surface area contributed by atoms with Gasteiger partial charge in [-0.25, -0.2) is 4.98 Å². The second kappa shape index (κ2) is 6.12. The summed E-state index contributed by atoms with van der Waals surface area (Å²) >= 11 is 0. The molecule has 2 rings (SSSR count). The summed E-state index contributed by atoms with van der Waals surface area (Å²) in [6, 6.07) is 9.54. The number of nitrogens with zero attached hydrogens (tertiary/aromatic N) is 2. The molecule has 0 spiro atoms. The molecule has 20 heavy (non-hydrogen) atoms. The van der Waals surface area contributed by atoms with Gasteiger partial charge in [-0.3, -0.25) is 10.1 Å². The van der Waals surface area contributed by atoms with E-state index in [0.29, 0.717) is 24.9 Å². The molecule has 1 heterocycles. The molecule has 1 aromatic carbocycles. The molecule has 0 fully saturated rings. The third kappa shape index (κ3) is 3.10. The summed E-state index contributed by atoms with van der Waals surface area (Å²) in [6.45, 7) is 0.507. The Bertz CT molecular complexity index is 611. The van der Waals surface area contributed by atoms with Gasteiger partial charge in [-0.15, -0.1) is 0 Å². The van der Waals surface area contributed by atoms with Crippen molar-refractivity contribution in [3.05, 3.63) is 63.3 Å². The third-order valence-electron chi connectivity index (χ3n) is 3.16. The summed E-state index contributed by atoms with van der Waals surface area (Å²) in [5.41, 5.74) is 13.8. The van der Waals surface area contributed by atoms with Crippen LogP contribution in [0.15, 0.2) is 36.5 Å². The van der Waals surface area contributed by atoms with Crippen LogP contribution in [0.4, 0.5) is 11.5 Å². The van der Waals surface area contributed by atoms with E-state index < -0.39 is 4.92 Å². The molecule has 0 saturated heterocycles. The number of nitrogen functional groups attached to an aromatic ring is 1. The molecule has 0 unspecified atom stereocenters. The van der Waals surface area contributed by atoms with E-state index in [4.69, 9.17) is 11.5 Å². The Morgan fingerprint density at radius 1 is 1.10 bits per heavy atom. The van der Waals surface area contributed by atoms with Gasteiger partial charge in [-0.05, 0) is 30.0 Å². The topological polar surface area (TPSA) is 108 Å². The van der Waals surface area contributed by atoms with Crippen LogP contribution in [0.2, 0.25) is 0 Å². The van der Waals surface area contributed by atoms with Crippen molar-refractivity contribution in [3.63, 3.8) is 0 Å². The molecule has 0 aliphatic carbocycles. The molecule has 0 saturated carbocycles. The summed E-state index contributed by atoms with van der Waals surface area (Å²) in [7, 11) is 0. The van der Waals surface area contributed by atoms with Crippen molar-refractivity contribution in [1.29, 1.82) is 0 Å². The lowest BCUT2D eigenvalue weighted by Crippen LogP contribution is -2.04. The quantitative estimate of drug-likeness (QED) is 0.637. The zero-order valence-corrected chi connectivity index (χ0v) is 11.0. The highest BCUT2D eigenvalue weighted by molar-refractivity contribution is 5.57. The van der Waals surface area contributed by atoms with Gasteiger partial charge in [0.1, 0.15) is 0 Å². The van der Waals surface area contributed by atoms with Crippen molar-refractivity contribution in [2.45, 2.75) is 19.4 Å². The van der Waals surface area contributed by atoms with E-state index in [1.807, 2.05) is 24.3 Å². The fourth-order valence-corrected chi connectivity index (χ4v) is 2.05. The molecule has 0 radical (unpaired) electrons. The summed E-state index contributed by atoms with van der Waals surface area (Å²) in [5, 5.41) is 11.0. The molecule has 0 aliphatic rings. The van der Waals surface area contributed by atoms with E-state index >= 15 is 0 Å². The molecule has 104 valence electrons. The van der Waals surface area contributed by atoms with Gasteiger partial charge in [-0.1, -0.05) is 24.3 Å². The van der Waals surface area contributed by atoms with Gasteiger partial charge in [0.15, 0.2) is 0 Å². The maximum absolute atomic E-state index is 11.0. The summed E-state index contributed by atoms with van der Waals surface area (Å²) in [4.78, 5) is 14.3. The monoisotopic (exact) mass is 272 g/mol. The van der Waals surface area contributed by atoms with E-state index in [9.17, 15) is 10.1 Å². The summed E-state index contributed by atoms with van der Waals surface area (Å²) in [5.74, 6) is -0.0361. The zero-order chi connectivity index (χ0) is 14.5. The number of benzene rings is 1. The number of hydrogen-bond acceptors (Lipinski definition) is 5. The highest BCUT2D eigenvalue weighted by atomic mass is 16.6. The second-order valence-corrected chi connectivity index (χ2v) is 4.48. The maximum atomic E-state index is 11.0. The minimum atomic E-state index is -0.477. The highest BCUT2D eigenvalue weighted by Crippen LogP contribution is 2.25. The predicted octanol–water partition coefficient (Wildman–Crippen LogP) is 1.82. The second-order valence-electron chi connectivity index (χ2n) is 4.48. The van der Waals surface area contributed by atoms with Crippen LogP contribution in [0.3, 0.4) is 0 Å². The lowest BCUT2D eigenvalue weighted by Gasteiger charge is -2.05. The third-order valence-corrected chi connectivity index (χ3v) is 3.16. The fourth-order valence-electron chi connectivity index (χ4n) is 2.05. The normalized spacial score (nSPS) is 10.4. The van der Waals surface area contributed by atoms with E-state index in [-0.39, 0.29) is 11.5 Å². The number of nitro groups is 1. The van der Waals surface area contributed by atoms with Crippen LogP contribution in [-0.2, 0) is 19.4 Å². The first-order chi connectivity index (χ1) is 9.61. The molecular formula is C14H16N4O2. The van der Waals surface area contributed by atoms with Crippen molar-refractivity contribution < 1.29 is 4.92 Å². The lowest BCUT2D eigenvalue weighted by atomic mass is 10.0. The average Bonchev–Trinajstić information content (AvgIpc) is 2.45. The molecule has 6 heteroatoms. The van der Waals surface area contributed by atoms with Gasteiger partial charge >= 0.3 is 5.69 Å². The van der Waals surface area contributed by atoms with Crippen molar-refractivity contribution in [2.75, 3.05) is 5.73 Å². The molecule has 0 amide bonds. The first kappa shape index (κ1) is 14.0. The molecule has 4 N–H and O–H groups in total. The van der Waals surface area contributed by atoms with Crippen LogP contribution in [0.1, 0.15) is 16.7 Å². The molecule has 0 bridgehead atoms. The molecule has 0 atom stereocenters. The summed E-state index contributed by atoms with van der Waals surface area (Å²) in [6.07, 6.45) is 2.75. The van der Waals surface area contributed by atoms with Crippen molar-refractivity contribution >= 4 is 11.5 Å². The van der Waals surface area contributed by atoms with Crippen molar-refractivity contribution in [2.24, 2.45) is 5.73 Å². The van der Waals surface area contributed by atoms with Crippen LogP contribution in [0.25, 0.3) is 0 Å². The summed E-state index contributed by atoms with van der Waals surface area (Å²) < 4.78 is 0. The fraction of sp³-hybridized carbons (Fsp3) is 0.214. The maximum Gasteiger partial charge on any atom is 0.314 e. The Labute approximate surface area is 116 Å². The van der Waals surface area contributed by atoms with Gasteiger partial charge in [0, 0.05) is 18.3 Å². The van der Waals surface area contributed by atoms with Crippen molar-refractivity contribution in [3.8, 4) is 0 Å². The van der Waals surface area contributed by atoms with Crippen LogP contribution in [-0.4, -0.2) is 9.91 Å². The zero-order valence-electron chi connectivity index (χ0n) is 11.0. The Morgan fingerprint density at radius 3 is 2.35 bits per heavy atom. The van der Waals surface area contributed by atoms with Crippen LogP contribution < -0.4 is 11.5 Å². The lowest BCUT2D eigenvalue weighted by molar-refractivity contribution is -0.384. The minimum absolute atomic E-state index is 0.0361. The first-order valence-corrected chi connectivity index (χ1v) is 6.27. The molecule has 0 aliphatic heterocycles. The molecular weight excluding hydrogens is 256 g/mol. The van der Waals surface area contributed by atoms with Gasteiger partial charge in [0.05, 0.1) is 4.92 Å². The van der Waals surface area contributed by atoms with Gasteiger partial charge in [-0.2, -0.15) is 0 Å². The highest BCUT2D eigenvalue weighted by Gasteiger charge is 2.18. The smallest absolute Gasteiger partial charge is 0.314 e. The van der Waals surface area contributed by atoms with Gasteiger partial charge < -0.3 is 11.5 Å².